The molecule has 0 unspecified atom stereocenters. The van der Waals surface area contributed by atoms with Gasteiger partial charge in [-0.25, -0.2) is 4.79 Å². The van der Waals surface area contributed by atoms with Crippen LogP contribution in [0.2, 0.25) is 0 Å². The van der Waals surface area contributed by atoms with E-state index >= 15 is 0 Å². The van der Waals surface area contributed by atoms with Crippen molar-refractivity contribution in [3.05, 3.63) is 54.4 Å². The number of rotatable bonds is 7. The fourth-order valence-electron chi connectivity index (χ4n) is 2.03. The number of nitrogens with one attached hydrogen (secondary N) is 2. The Labute approximate surface area is 141 Å². The van der Waals surface area contributed by atoms with Crippen LogP contribution in [0.5, 0.6) is 0 Å². The van der Waals surface area contributed by atoms with Crippen LogP contribution in [0, 0.1) is 5.92 Å². The number of aromatic nitrogens is 1. The van der Waals surface area contributed by atoms with Gasteiger partial charge in [0.15, 0.2) is 0 Å². The summed E-state index contributed by atoms with van der Waals surface area (Å²) in [4.78, 5) is 23.4. The quantitative estimate of drug-likeness (QED) is 0.767. The molecule has 0 saturated heterocycles. The van der Waals surface area contributed by atoms with Crippen molar-refractivity contribution in [1.82, 2.24) is 15.2 Å². The first-order valence-electron chi connectivity index (χ1n) is 7.98. The van der Waals surface area contributed by atoms with E-state index in [0.29, 0.717) is 31.2 Å². The molecule has 0 aliphatic heterocycles. The molecule has 0 saturated carbocycles. The lowest BCUT2D eigenvalue weighted by molar-refractivity contribution is 0.0951. The molecule has 24 heavy (non-hydrogen) atoms. The highest BCUT2D eigenvalue weighted by Crippen LogP contribution is 2.09. The summed E-state index contributed by atoms with van der Waals surface area (Å²) in [6.45, 7) is 4.98. The Bertz CT molecular complexity index is 649. The first-order chi connectivity index (χ1) is 11.6. The molecule has 0 atom stereocenters. The number of nitrogens with zero attached hydrogens (tertiary/aromatic N) is 1. The molecule has 2 N–H and O–H groups in total. The van der Waals surface area contributed by atoms with Crippen LogP contribution in [-0.4, -0.2) is 36.3 Å². The minimum absolute atomic E-state index is 0.175. The van der Waals surface area contributed by atoms with Gasteiger partial charge in [0.1, 0.15) is 0 Å². The highest BCUT2D eigenvalue weighted by atomic mass is 16.5. The number of hydrogen-bond donors (Lipinski definition) is 2. The Morgan fingerprint density at radius 2 is 1.67 bits per heavy atom. The summed E-state index contributed by atoms with van der Waals surface area (Å²) < 4.78 is 6.95. The fraction of sp³-hybridized carbons (Fsp3) is 0.333. The molecular formula is C18H23N3O3. The third kappa shape index (κ3) is 5.46. The van der Waals surface area contributed by atoms with Gasteiger partial charge < -0.3 is 19.9 Å². The van der Waals surface area contributed by atoms with Crippen LogP contribution < -0.4 is 10.6 Å². The van der Waals surface area contributed by atoms with E-state index in [4.69, 9.17) is 4.74 Å². The minimum Gasteiger partial charge on any atom is -0.449 e. The second-order valence-corrected chi connectivity index (χ2v) is 5.81. The largest absolute Gasteiger partial charge is 0.449 e. The monoisotopic (exact) mass is 329 g/mol. The Morgan fingerprint density at radius 3 is 2.29 bits per heavy atom. The van der Waals surface area contributed by atoms with Gasteiger partial charge in [-0.1, -0.05) is 13.8 Å². The molecule has 2 aromatic rings. The second-order valence-electron chi connectivity index (χ2n) is 5.81. The van der Waals surface area contributed by atoms with Crippen LogP contribution in [0.3, 0.4) is 0 Å². The molecular weight excluding hydrogens is 306 g/mol. The standard InChI is InChI=1S/C18H23N3O3/c1-14(2)13-24-18(23)20-10-9-19-17(22)15-5-7-16(8-6-15)21-11-3-4-12-21/h3-8,11-12,14H,9-10,13H2,1-2H3,(H,19,22)(H,20,23). The van der Waals surface area contributed by atoms with Gasteiger partial charge in [0.05, 0.1) is 6.61 Å². The Kier molecular flexibility index (Phi) is 6.42. The summed E-state index contributed by atoms with van der Waals surface area (Å²) in [6.07, 6.45) is 3.42. The average molecular weight is 329 g/mol. The Hall–Kier alpha value is -2.76. The summed E-state index contributed by atoms with van der Waals surface area (Å²) in [5.41, 5.74) is 1.57. The fourth-order valence-corrected chi connectivity index (χ4v) is 2.03. The highest BCUT2D eigenvalue weighted by Gasteiger charge is 2.06. The molecule has 1 heterocycles. The van der Waals surface area contributed by atoms with E-state index in [-0.39, 0.29) is 5.91 Å². The smallest absolute Gasteiger partial charge is 0.407 e. The van der Waals surface area contributed by atoms with Crippen LogP contribution >= 0.6 is 0 Å². The van der Waals surface area contributed by atoms with Crippen molar-refractivity contribution in [1.29, 1.82) is 0 Å². The van der Waals surface area contributed by atoms with Crippen LogP contribution in [-0.2, 0) is 4.74 Å². The molecule has 2 amide bonds. The molecule has 1 aromatic carbocycles. The normalized spacial score (nSPS) is 10.5. The number of hydrogen-bond acceptors (Lipinski definition) is 3. The molecule has 6 heteroatoms. The summed E-state index contributed by atoms with van der Waals surface area (Å²) in [6, 6.07) is 11.2. The SMILES string of the molecule is CC(C)COC(=O)NCCNC(=O)c1ccc(-n2cccc2)cc1. The first kappa shape index (κ1) is 17.6. The number of carbonyl (C=O) groups excluding carboxylic acids is 2. The summed E-state index contributed by atoms with van der Waals surface area (Å²) in [7, 11) is 0. The Balaban J connectivity index is 1.72. The third-order valence-electron chi connectivity index (χ3n) is 3.26. The zero-order chi connectivity index (χ0) is 17.4. The van der Waals surface area contributed by atoms with Gasteiger partial charge in [-0.05, 0) is 42.3 Å². The van der Waals surface area contributed by atoms with Crippen LogP contribution in [0.25, 0.3) is 5.69 Å². The Morgan fingerprint density at radius 1 is 1.04 bits per heavy atom. The molecule has 128 valence electrons. The van der Waals surface area contributed by atoms with Gasteiger partial charge >= 0.3 is 6.09 Å². The predicted molar refractivity (Wildman–Crippen MR) is 92.3 cm³/mol. The summed E-state index contributed by atoms with van der Waals surface area (Å²) >= 11 is 0. The van der Waals surface area contributed by atoms with Gasteiger partial charge in [0, 0.05) is 36.7 Å². The number of alkyl carbamates (subject to hydrolysis) is 1. The van der Waals surface area contributed by atoms with E-state index in [9.17, 15) is 9.59 Å². The number of carbonyl (C=O) groups is 2. The van der Waals surface area contributed by atoms with Crippen molar-refractivity contribution in [3.63, 3.8) is 0 Å². The lowest BCUT2D eigenvalue weighted by Crippen LogP contribution is -2.35. The topological polar surface area (TPSA) is 72.4 Å². The van der Waals surface area contributed by atoms with E-state index in [0.717, 1.165) is 5.69 Å². The van der Waals surface area contributed by atoms with E-state index in [1.54, 1.807) is 12.1 Å². The van der Waals surface area contributed by atoms with Crippen LogP contribution in [0.1, 0.15) is 24.2 Å². The van der Waals surface area contributed by atoms with E-state index in [2.05, 4.69) is 10.6 Å². The van der Waals surface area contributed by atoms with E-state index < -0.39 is 6.09 Å². The molecule has 0 aliphatic carbocycles. The van der Waals surface area contributed by atoms with Gasteiger partial charge in [0.2, 0.25) is 0 Å². The van der Waals surface area contributed by atoms with Crippen molar-refractivity contribution in [2.24, 2.45) is 5.92 Å². The van der Waals surface area contributed by atoms with Gasteiger partial charge in [-0.15, -0.1) is 0 Å². The first-order valence-corrected chi connectivity index (χ1v) is 7.98. The lowest BCUT2D eigenvalue weighted by atomic mass is 10.2. The van der Waals surface area contributed by atoms with Crippen molar-refractivity contribution in [3.8, 4) is 5.69 Å². The molecule has 6 nitrogen and oxygen atoms in total. The van der Waals surface area contributed by atoms with Gasteiger partial charge in [-0.2, -0.15) is 0 Å². The molecule has 1 aromatic heterocycles. The highest BCUT2D eigenvalue weighted by molar-refractivity contribution is 5.94. The maximum absolute atomic E-state index is 12.0. The number of benzene rings is 1. The van der Waals surface area contributed by atoms with Gasteiger partial charge in [-0.3, -0.25) is 4.79 Å². The summed E-state index contributed by atoms with van der Waals surface area (Å²) in [5.74, 6) is 0.122. The zero-order valence-electron chi connectivity index (χ0n) is 14.0. The van der Waals surface area contributed by atoms with Gasteiger partial charge in [0.25, 0.3) is 5.91 Å². The summed E-state index contributed by atoms with van der Waals surface area (Å²) in [5, 5.41) is 5.35. The van der Waals surface area contributed by atoms with Crippen molar-refractivity contribution < 1.29 is 14.3 Å². The van der Waals surface area contributed by atoms with E-state index in [1.165, 1.54) is 0 Å². The number of ether oxygens (including phenoxy) is 1. The van der Waals surface area contributed by atoms with Crippen LogP contribution in [0.4, 0.5) is 4.79 Å². The van der Waals surface area contributed by atoms with Crippen molar-refractivity contribution >= 4 is 12.0 Å². The molecule has 0 radical (unpaired) electrons. The maximum Gasteiger partial charge on any atom is 0.407 e. The molecule has 2 rings (SSSR count). The van der Waals surface area contributed by atoms with E-state index in [1.807, 2.05) is 55.1 Å². The maximum atomic E-state index is 12.0. The molecule has 0 spiro atoms. The average Bonchev–Trinajstić information content (AvgIpc) is 3.11. The molecule has 0 fully saturated rings. The number of amides is 2. The minimum atomic E-state index is -0.464. The second kappa shape index (κ2) is 8.76. The van der Waals surface area contributed by atoms with Crippen LogP contribution in [0.15, 0.2) is 48.8 Å². The zero-order valence-corrected chi connectivity index (χ0v) is 14.0. The van der Waals surface area contributed by atoms with Crippen molar-refractivity contribution in [2.45, 2.75) is 13.8 Å². The van der Waals surface area contributed by atoms with Crippen molar-refractivity contribution in [2.75, 3.05) is 19.7 Å². The third-order valence-corrected chi connectivity index (χ3v) is 3.26. The molecule has 0 aliphatic rings. The lowest BCUT2D eigenvalue weighted by Gasteiger charge is -2.10. The molecule has 0 bridgehead atoms. The predicted octanol–water partition coefficient (Wildman–Crippen LogP) is 2.59.